The van der Waals surface area contributed by atoms with Gasteiger partial charge in [0.2, 0.25) is 5.95 Å². The molecule has 32 heavy (non-hydrogen) atoms. The zero-order chi connectivity index (χ0) is 22.9. The lowest BCUT2D eigenvalue weighted by Crippen LogP contribution is -2.39. The summed E-state index contributed by atoms with van der Waals surface area (Å²) < 4.78 is 42.2. The molecule has 3 aromatic rings. The lowest BCUT2D eigenvalue weighted by molar-refractivity contribution is -0.275. The van der Waals surface area contributed by atoms with Crippen molar-refractivity contribution in [2.75, 3.05) is 24.1 Å². The van der Waals surface area contributed by atoms with Crippen molar-refractivity contribution >= 4 is 22.7 Å². The second-order valence-corrected chi connectivity index (χ2v) is 8.18. The second kappa shape index (κ2) is 8.82. The van der Waals surface area contributed by atoms with Crippen molar-refractivity contribution < 1.29 is 17.9 Å². The number of aryl methyl sites for hydroxylation is 2. The summed E-state index contributed by atoms with van der Waals surface area (Å²) in [5.74, 6) is 0.809. The molecule has 0 saturated carbocycles. The number of benzene rings is 2. The molecule has 1 saturated heterocycles. The number of aromatic nitrogens is 2. The van der Waals surface area contributed by atoms with Crippen LogP contribution in [0.4, 0.5) is 24.9 Å². The van der Waals surface area contributed by atoms with E-state index in [9.17, 15) is 13.2 Å². The molecule has 2 heterocycles. The van der Waals surface area contributed by atoms with Crippen molar-refractivity contribution in [1.82, 2.24) is 14.9 Å². The number of alkyl halides is 3. The summed E-state index contributed by atoms with van der Waals surface area (Å²) in [6.45, 7) is 5.91. The Bertz CT molecular complexity index is 1110. The van der Waals surface area contributed by atoms with Crippen LogP contribution in [0.1, 0.15) is 29.5 Å². The molecule has 0 spiro atoms. The molecule has 3 N–H and O–H groups in total. The summed E-state index contributed by atoms with van der Waals surface area (Å²) in [7, 11) is 0. The maximum absolute atomic E-state index is 12.7. The Kier molecular flexibility index (Phi) is 6.10. The molecule has 1 aliphatic heterocycles. The average molecular weight is 445 g/mol. The van der Waals surface area contributed by atoms with Crippen LogP contribution < -0.4 is 15.8 Å². The lowest BCUT2D eigenvalue weighted by Gasteiger charge is -2.32. The third kappa shape index (κ3) is 5.04. The van der Waals surface area contributed by atoms with Gasteiger partial charge >= 0.3 is 6.36 Å². The monoisotopic (exact) mass is 445 g/mol. The standard InChI is InChI=1S/C23H26F3N5O/c1-14-7-8-18-20(15(14)2)21(27)30-22(29-18)28-17-9-11-31(12-10-17)13-16-5-3-4-6-19(16)32-23(24,25)26/h3-8,17H,9-13H2,1-2H3,(H3,27,28,29,30). The molecule has 0 radical (unpaired) electrons. The topological polar surface area (TPSA) is 76.3 Å². The predicted octanol–water partition coefficient (Wildman–Crippen LogP) is 4.80. The quantitative estimate of drug-likeness (QED) is 0.587. The summed E-state index contributed by atoms with van der Waals surface area (Å²) >= 11 is 0. The summed E-state index contributed by atoms with van der Waals surface area (Å²) in [6, 6.07) is 10.4. The Balaban J connectivity index is 1.39. The van der Waals surface area contributed by atoms with Gasteiger partial charge < -0.3 is 15.8 Å². The molecule has 1 aliphatic rings. The Morgan fingerprint density at radius 3 is 2.53 bits per heavy atom. The number of piperidine rings is 1. The Labute approximate surface area is 184 Å². The van der Waals surface area contributed by atoms with Gasteiger partial charge in [0.25, 0.3) is 0 Å². The van der Waals surface area contributed by atoms with E-state index in [1.54, 1.807) is 18.2 Å². The van der Waals surface area contributed by atoms with Gasteiger partial charge in [0.1, 0.15) is 11.6 Å². The van der Waals surface area contributed by atoms with Crippen molar-refractivity contribution in [3.8, 4) is 5.75 Å². The van der Waals surface area contributed by atoms with Crippen LogP contribution in [0.15, 0.2) is 36.4 Å². The number of nitrogens with two attached hydrogens (primary N) is 1. The third-order valence-electron chi connectivity index (χ3n) is 5.94. The minimum Gasteiger partial charge on any atom is -0.405 e. The number of likely N-dealkylation sites (tertiary alicyclic amines) is 1. The van der Waals surface area contributed by atoms with Crippen LogP contribution in [-0.2, 0) is 6.54 Å². The zero-order valence-electron chi connectivity index (χ0n) is 18.0. The lowest BCUT2D eigenvalue weighted by atomic mass is 10.0. The summed E-state index contributed by atoms with van der Waals surface area (Å²) in [5.41, 5.74) is 9.75. The predicted molar refractivity (Wildman–Crippen MR) is 118 cm³/mol. The number of anilines is 2. The highest BCUT2D eigenvalue weighted by atomic mass is 19.4. The number of hydrogen-bond donors (Lipinski definition) is 2. The van der Waals surface area contributed by atoms with Gasteiger partial charge in [-0.05, 0) is 49.9 Å². The fraction of sp³-hybridized carbons (Fsp3) is 0.391. The molecule has 1 fully saturated rings. The molecule has 0 atom stereocenters. The van der Waals surface area contributed by atoms with Crippen LogP contribution in [0.5, 0.6) is 5.75 Å². The first kappa shape index (κ1) is 22.1. The van der Waals surface area contributed by atoms with E-state index in [-0.39, 0.29) is 11.8 Å². The van der Waals surface area contributed by atoms with E-state index in [1.807, 2.05) is 26.0 Å². The molecular formula is C23H26F3N5O. The average Bonchev–Trinajstić information content (AvgIpc) is 2.72. The van der Waals surface area contributed by atoms with E-state index in [4.69, 9.17) is 5.73 Å². The molecule has 170 valence electrons. The van der Waals surface area contributed by atoms with Crippen molar-refractivity contribution in [1.29, 1.82) is 0 Å². The first-order valence-electron chi connectivity index (χ1n) is 10.6. The molecular weight excluding hydrogens is 419 g/mol. The number of para-hydroxylation sites is 1. The molecule has 0 unspecified atom stereocenters. The maximum atomic E-state index is 12.7. The van der Waals surface area contributed by atoms with Crippen LogP contribution in [0, 0.1) is 13.8 Å². The fourth-order valence-corrected chi connectivity index (χ4v) is 4.11. The fourth-order valence-electron chi connectivity index (χ4n) is 4.11. The number of nitrogens with one attached hydrogen (secondary N) is 1. The van der Waals surface area contributed by atoms with Gasteiger partial charge in [-0.2, -0.15) is 4.98 Å². The van der Waals surface area contributed by atoms with Crippen molar-refractivity contribution in [3.63, 3.8) is 0 Å². The summed E-state index contributed by atoms with van der Waals surface area (Å²) in [6.07, 6.45) is -3.07. The highest BCUT2D eigenvalue weighted by molar-refractivity contribution is 5.92. The third-order valence-corrected chi connectivity index (χ3v) is 5.94. The zero-order valence-corrected chi connectivity index (χ0v) is 18.0. The number of nitrogen functional groups attached to an aromatic ring is 1. The number of rotatable bonds is 5. The van der Waals surface area contributed by atoms with Crippen LogP contribution >= 0.6 is 0 Å². The van der Waals surface area contributed by atoms with Crippen LogP contribution in [-0.4, -0.2) is 40.4 Å². The van der Waals surface area contributed by atoms with Crippen LogP contribution in [0.3, 0.4) is 0 Å². The summed E-state index contributed by atoms with van der Waals surface area (Å²) in [4.78, 5) is 11.2. The highest BCUT2D eigenvalue weighted by Crippen LogP contribution is 2.29. The molecule has 4 rings (SSSR count). The number of halogens is 3. The molecule has 0 aliphatic carbocycles. The van der Waals surface area contributed by atoms with E-state index in [2.05, 4.69) is 24.9 Å². The van der Waals surface area contributed by atoms with Gasteiger partial charge in [-0.3, -0.25) is 4.90 Å². The molecule has 2 aromatic carbocycles. The van der Waals surface area contributed by atoms with E-state index in [0.717, 1.165) is 48.0 Å². The number of nitrogens with zero attached hydrogens (tertiary/aromatic N) is 3. The van der Waals surface area contributed by atoms with Crippen molar-refractivity contribution in [2.24, 2.45) is 0 Å². The molecule has 0 bridgehead atoms. The molecule has 1 aromatic heterocycles. The molecule has 6 nitrogen and oxygen atoms in total. The SMILES string of the molecule is Cc1ccc2nc(NC3CCN(Cc4ccccc4OC(F)(F)F)CC3)nc(N)c2c1C. The highest BCUT2D eigenvalue weighted by Gasteiger charge is 2.32. The first-order chi connectivity index (χ1) is 15.2. The summed E-state index contributed by atoms with van der Waals surface area (Å²) in [5, 5.41) is 4.25. The Hall–Kier alpha value is -3.07. The first-order valence-corrected chi connectivity index (χ1v) is 10.6. The Morgan fingerprint density at radius 1 is 1.09 bits per heavy atom. The van der Waals surface area contributed by atoms with E-state index in [1.165, 1.54) is 6.07 Å². The van der Waals surface area contributed by atoms with Gasteiger partial charge in [0.15, 0.2) is 0 Å². The normalized spacial score (nSPS) is 15.8. The Morgan fingerprint density at radius 2 is 1.81 bits per heavy atom. The maximum Gasteiger partial charge on any atom is 0.573 e. The largest absolute Gasteiger partial charge is 0.573 e. The van der Waals surface area contributed by atoms with E-state index < -0.39 is 6.36 Å². The van der Waals surface area contributed by atoms with Crippen molar-refractivity contribution in [3.05, 3.63) is 53.1 Å². The minimum absolute atomic E-state index is 0.147. The van der Waals surface area contributed by atoms with Gasteiger partial charge in [-0.1, -0.05) is 24.3 Å². The van der Waals surface area contributed by atoms with Gasteiger partial charge in [-0.25, -0.2) is 4.98 Å². The molecule has 9 heteroatoms. The van der Waals surface area contributed by atoms with Crippen molar-refractivity contribution in [2.45, 2.75) is 45.6 Å². The number of ether oxygens (including phenoxy) is 1. The number of hydrogen-bond acceptors (Lipinski definition) is 6. The van der Waals surface area contributed by atoms with Gasteiger partial charge in [0, 0.05) is 36.6 Å². The smallest absolute Gasteiger partial charge is 0.405 e. The second-order valence-electron chi connectivity index (χ2n) is 8.18. The van der Waals surface area contributed by atoms with Gasteiger partial charge in [0.05, 0.1) is 5.52 Å². The van der Waals surface area contributed by atoms with E-state index in [0.29, 0.717) is 23.9 Å². The minimum atomic E-state index is -4.70. The molecule has 0 amide bonds. The van der Waals surface area contributed by atoms with Crippen LogP contribution in [0.25, 0.3) is 10.9 Å². The van der Waals surface area contributed by atoms with Crippen LogP contribution in [0.2, 0.25) is 0 Å². The number of fused-ring (bicyclic) bond motifs is 1. The van der Waals surface area contributed by atoms with Gasteiger partial charge in [-0.15, -0.1) is 13.2 Å². The van der Waals surface area contributed by atoms with E-state index >= 15 is 0 Å².